The van der Waals surface area contributed by atoms with Gasteiger partial charge in [-0.1, -0.05) is 22.8 Å². The molecule has 0 atom stereocenters. The van der Waals surface area contributed by atoms with E-state index in [0.29, 0.717) is 0 Å². The Kier molecular flexibility index (Phi) is 4.05. The van der Waals surface area contributed by atoms with Gasteiger partial charge in [0.25, 0.3) is 0 Å². The second-order valence-electron chi connectivity index (χ2n) is 3.78. The number of hydrogen-bond donors (Lipinski definition) is 2. The van der Waals surface area contributed by atoms with Crippen molar-refractivity contribution in [3.05, 3.63) is 58.6 Å². The van der Waals surface area contributed by atoms with Crippen LogP contribution < -0.4 is 10.5 Å². The first kappa shape index (κ1) is 14.1. The normalized spacial score (nSPS) is 11.4. The first-order chi connectivity index (χ1) is 9.52. The Bertz CT molecular complexity index is 677. The molecule has 2 aromatic carbocycles. The molecule has 0 saturated carbocycles. The van der Waals surface area contributed by atoms with Gasteiger partial charge < -0.3 is 15.7 Å². The van der Waals surface area contributed by atoms with Crippen LogP contribution in [-0.4, -0.2) is 11.0 Å². The molecule has 0 aliphatic carbocycles. The average Bonchev–Trinajstić information content (AvgIpc) is 2.42. The lowest BCUT2D eigenvalue weighted by molar-refractivity contribution is 0.318. The zero-order valence-electron chi connectivity index (χ0n) is 9.98. The number of ether oxygens (including phenoxy) is 1. The molecule has 0 saturated heterocycles. The predicted octanol–water partition coefficient (Wildman–Crippen LogP) is 3.51. The summed E-state index contributed by atoms with van der Waals surface area (Å²) in [6.45, 7) is 0. The van der Waals surface area contributed by atoms with Crippen LogP contribution in [0.1, 0.15) is 5.56 Å². The monoisotopic (exact) mass is 298 g/mol. The third-order valence-electron chi connectivity index (χ3n) is 2.46. The van der Waals surface area contributed by atoms with Crippen LogP contribution >= 0.6 is 11.6 Å². The molecule has 7 heteroatoms. The smallest absolute Gasteiger partial charge is 0.175 e. The Labute approximate surface area is 118 Å². The van der Waals surface area contributed by atoms with Crippen LogP contribution in [0, 0.1) is 11.6 Å². The minimum absolute atomic E-state index is 0.0538. The van der Waals surface area contributed by atoms with Crippen LogP contribution in [-0.2, 0) is 0 Å². The van der Waals surface area contributed by atoms with Crippen molar-refractivity contribution in [2.24, 2.45) is 10.9 Å². The van der Waals surface area contributed by atoms with Crippen LogP contribution in [0.2, 0.25) is 5.02 Å². The van der Waals surface area contributed by atoms with Gasteiger partial charge >= 0.3 is 0 Å². The zero-order chi connectivity index (χ0) is 14.7. The minimum Gasteiger partial charge on any atom is -0.456 e. The lowest BCUT2D eigenvalue weighted by Crippen LogP contribution is -2.14. The van der Waals surface area contributed by atoms with Gasteiger partial charge in [0.2, 0.25) is 0 Å². The van der Waals surface area contributed by atoms with E-state index in [1.54, 1.807) is 6.07 Å². The van der Waals surface area contributed by atoms with Crippen molar-refractivity contribution in [1.29, 1.82) is 0 Å². The van der Waals surface area contributed by atoms with Gasteiger partial charge in [-0.3, -0.25) is 0 Å². The highest BCUT2D eigenvalue weighted by atomic mass is 35.5. The Hall–Kier alpha value is -2.34. The van der Waals surface area contributed by atoms with E-state index in [-0.39, 0.29) is 27.9 Å². The summed E-state index contributed by atoms with van der Waals surface area (Å²) in [7, 11) is 0. The molecule has 2 aromatic rings. The van der Waals surface area contributed by atoms with E-state index in [9.17, 15) is 8.78 Å². The Morgan fingerprint density at radius 2 is 1.95 bits per heavy atom. The van der Waals surface area contributed by atoms with Gasteiger partial charge in [-0.15, -0.1) is 0 Å². The van der Waals surface area contributed by atoms with Crippen molar-refractivity contribution in [3.63, 3.8) is 0 Å². The molecule has 0 amide bonds. The fraction of sp³-hybridized carbons (Fsp3) is 0. The van der Waals surface area contributed by atoms with E-state index in [1.807, 2.05) is 0 Å². The van der Waals surface area contributed by atoms with Gasteiger partial charge in [0.15, 0.2) is 17.5 Å². The maximum absolute atomic E-state index is 13.1. The van der Waals surface area contributed by atoms with Gasteiger partial charge in [0.05, 0.1) is 10.6 Å². The van der Waals surface area contributed by atoms with Crippen molar-refractivity contribution in [2.75, 3.05) is 0 Å². The van der Waals surface area contributed by atoms with E-state index < -0.39 is 11.6 Å². The summed E-state index contributed by atoms with van der Waals surface area (Å²) in [4.78, 5) is 0. The van der Waals surface area contributed by atoms with Crippen molar-refractivity contribution < 1.29 is 18.7 Å². The summed E-state index contributed by atoms with van der Waals surface area (Å²) < 4.78 is 31.3. The molecule has 2 rings (SSSR count). The van der Waals surface area contributed by atoms with Gasteiger partial charge in [-0.05, 0) is 24.3 Å². The maximum atomic E-state index is 13.1. The number of rotatable bonds is 3. The van der Waals surface area contributed by atoms with Crippen LogP contribution in [0.5, 0.6) is 11.5 Å². The Balaban J connectivity index is 2.43. The molecule has 0 aliphatic rings. The van der Waals surface area contributed by atoms with Crippen molar-refractivity contribution in [1.82, 2.24) is 0 Å². The molecule has 4 nitrogen and oxygen atoms in total. The van der Waals surface area contributed by atoms with Gasteiger partial charge in [0, 0.05) is 6.07 Å². The molecule has 0 aliphatic heterocycles. The Morgan fingerprint density at radius 3 is 2.60 bits per heavy atom. The van der Waals surface area contributed by atoms with Crippen LogP contribution in [0.15, 0.2) is 41.6 Å². The van der Waals surface area contributed by atoms with Crippen molar-refractivity contribution in [3.8, 4) is 11.5 Å². The fourth-order valence-electron chi connectivity index (χ4n) is 1.56. The maximum Gasteiger partial charge on any atom is 0.175 e. The molecule has 104 valence electrons. The summed E-state index contributed by atoms with van der Waals surface area (Å²) in [5.41, 5.74) is 5.66. The molecule has 20 heavy (non-hydrogen) atoms. The number of halogens is 3. The summed E-state index contributed by atoms with van der Waals surface area (Å²) in [5.74, 6) is -2.08. The highest BCUT2D eigenvalue weighted by Crippen LogP contribution is 2.30. The first-order valence-corrected chi connectivity index (χ1v) is 5.80. The minimum atomic E-state index is -1.05. The molecule has 0 spiro atoms. The summed E-state index contributed by atoms with van der Waals surface area (Å²) >= 11 is 5.94. The van der Waals surface area contributed by atoms with E-state index in [1.165, 1.54) is 18.2 Å². The number of nitrogens with zero attached hydrogens (tertiary/aromatic N) is 1. The predicted molar refractivity (Wildman–Crippen MR) is 70.4 cm³/mol. The van der Waals surface area contributed by atoms with Crippen molar-refractivity contribution >= 4 is 17.4 Å². The molecule has 3 N–H and O–H groups in total. The second kappa shape index (κ2) is 5.75. The number of hydrogen-bond acceptors (Lipinski definition) is 3. The highest BCUT2D eigenvalue weighted by Gasteiger charge is 2.14. The van der Waals surface area contributed by atoms with Crippen LogP contribution in [0.4, 0.5) is 8.78 Å². The lowest BCUT2D eigenvalue weighted by atomic mass is 10.2. The van der Waals surface area contributed by atoms with E-state index in [0.717, 1.165) is 12.1 Å². The van der Waals surface area contributed by atoms with Gasteiger partial charge in [0.1, 0.15) is 11.5 Å². The molecule has 0 aromatic heterocycles. The first-order valence-electron chi connectivity index (χ1n) is 5.42. The number of amidine groups is 1. The molecule has 0 fully saturated rings. The average molecular weight is 299 g/mol. The zero-order valence-corrected chi connectivity index (χ0v) is 10.7. The number of oxime groups is 1. The number of benzene rings is 2. The SMILES string of the molecule is NC(=NO)c1c(Cl)cccc1Oc1ccc(F)c(F)c1. The van der Waals surface area contributed by atoms with Crippen LogP contribution in [0.3, 0.4) is 0 Å². The van der Waals surface area contributed by atoms with Gasteiger partial charge in [-0.25, -0.2) is 8.78 Å². The standard InChI is InChI=1S/C13H9ClF2N2O2/c14-8-2-1-3-11(12(8)13(17)18-19)20-7-4-5-9(15)10(16)6-7/h1-6,19H,(H2,17,18). The molecular formula is C13H9ClF2N2O2. The van der Waals surface area contributed by atoms with E-state index in [2.05, 4.69) is 5.16 Å². The van der Waals surface area contributed by atoms with E-state index >= 15 is 0 Å². The topological polar surface area (TPSA) is 67.8 Å². The summed E-state index contributed by atoms with van der Waals surface area (Å²) in [6.07, 6.45) is 0. The highest BCUT2D eigenvalue weighted by molar-refractivity contribution is 6.34. The van der Waals surface area contributed by atoms with E-state index in [4.69, 9.17) is 27.3 Å². The largest absolute Gasteiger partial charge is 0.456 e. The quantitative estimate of drug-likeness (QED) is 0.394. The molecule has 0 unspecified atom stereocenters. The van der Waals surface area contributed by atoms with Gasteiger partial charge in [-0.2, -0.15) is 0 Å². The molecule has 0 radical (unpaired) electrons. The molecule has 0 bridgehead atoms. The third-order valence-corrected chi connectivity index (χ3v) is 2.77. The number of nitrogens with two attached hydrogens (primary N) is 1. The van der Waals surface area contributed by atoms with Crippen molar-refractivity contribution in [2.45, 2.75) is 0 Å². The fourth-order valence-corrected chi connectivity index (χ4v) is 1.82. The molecule has 0 heterocycles. The lowest BCUT2D eigenvalue weighted by Gasteiger charge is -2.11. The Morgan fingerprint density at radius 1 is 1.20 bits per heavy atom. The molecular weight excluding hydrogens is 290 g/mol. The third kappa shape index (κ3) is 2.80. The van der Waals surface area contributed by atoms with Crippen LogP contribution in [0.25, 0.3) is 0 Å². The second-order valence-corrected chi connectivity index (χ2v) is 4.18. The summed E-state index contributed by atoms with van der Waals surface area (Å²) in [6, 6.07) is 7.65. The summed E-state index contributed by atoms with van der Waals surface area (Å²) in [5, 5.41) is 11.8.